The van der Waals surface area contributed by atoms with Crippen LogP contribution in [0.1, 0.15) is 16.8 Å². The molecule has 3 aromatic rings. The van der Waals surface area contributed by atoms with Crippen molar-refractivity contribution in [2.75, 3.05) is 0 Å². The molecule has 2 heterocycles. The maximum atomic E-state index is 12.9. The van der Waals surface area contributed by atoms with Crippen LogP contribution in [0.2, 0.25) is 5.02 Å². The summed E-state index contributed by atoms with van der Waals surface area (Å²) in [7, 11) is 0. The third kappa shape index (κ3) is 2.90. The Kier molecular flexibility index (Phi) is 3.98. The number of halogens is 2. The van der Waals surface area contributed by atoms with Crippen molar-refractivity contribution in [1.82, 2.24) is 9.78 Å². The minimum atomic E-state index is -0.121. The average molecular weight is 415 g/mol. The zero-order valence-corrected chi connectivity index (χ0v) is 15.6. The Morgan fingerprint density at radius 3 is 2.88 bits per heavy atom. The van der Waals surface area contributed by atoms with Crippen LogP contribution >= 0.6 is 27.5 Å². The lowest BCUT2D eigenvalue weighted by Crippen LogP contribution is -2.15. The summed E-state index contributed by atoms with van der Waals surface area (Å²) in [6.07, 6.45) is 3.66. The Morgan fingerprint density at radius 1 is 1.24 bits per heavy atom. The third-order valence-electron chi connectivity index (χ3n) is 4.10. The molecule has 0 saturated carbocycles. The third-order valence-corrected chi connectivity index (χ3v) is 4.82. The molecule has 1 N–H and O–H groups in total. The zero-order chi connectivity index (χ0) is 17.6. The number of rotatable bonds is 2. The van der Waals surface area contributed by atoms with E-state index in [1.165, 1.54) is 4.68 Å². The second-order valence-electron chi connectivity index (χ2n) is 5.79. The number of nitrogens with one attached hydrogen (secondary N) is 1. The smallest absolute Gasteiger partial charge is 0.278 e. The molecule has 0 amide bonds. The molecule has 1 aliphatic heterocycles. The van der Waals surface area contributed by atoms with E-state index in [-0.39, 0.29) is 5.56 Å². The van der Waals surface area contributed by atoms with Crippen molar-refractivity contribution in [2.24, 2.45) is 4.99 Å². The van der Waals surface area contributed by atoms with Gasteiger partial charge in [-0.25, -0.2) is 4.68 Å². The number of aromatic nitrogens is 2. The van der Waals surface area contributed by atoms with Crippen molar-refractivity contribution >= 4 is 51.1 Å². The van der Waals surface area contributed by atoms with Crippen LogP contribution in [0, 0.1) is 6.92 Å². The van der Waals surface area contributed by atoms with Crippen LogP contribution in [0.25, 0.3) is 17.3 Å². The van der Waals surface area contributed by atoms with E-state index in [9.17, 15) is 4.79 Å². The summed E-state index contributed by atoms with van der Waals surface area (Å²) < 4.78 is 2.48. The highest BCUT2D eigenvalue weighted by atomic mass is 79.9. The number of aromatic amines is 1. The first-order valence-corrected chi connectivity index (χ1v) is 8.83. The first-order chi connectivity index (χ1) is 12.0. The number of hydrogen-bond acceptors (Lipinski definition) is 2. The van der Waals surface area contributed by atoms with Crippen LogP contribution in [0.15, 0.2) is 56.7 Å². The highest BCUT2D eigenvalue weighted by Crippen LogP contribution is 2.34. The van der Waals surface area contributed by atoms with Crippen LogP contribution < -0.4 is 5.56 Å². The fourth-order valence-electron chi connectivity index (χ4n) is 2.86. The Morgan fingerprint density at radius 2 is 2.08 bits per heavy atom. The van der Waals surface area contributed by atoms with Gasteiger partial charge in [0, 0.05) is 32.5 Å². The van der Waals surface area contributed by atoms with Crippen LogP contribution in [-0.2, 0) is 0 Å². The molecule has 0 bridgehead atoms. The fraction of sp³-hybridized carbons (Fsp3) is 0.0526. The van der Waals surface area contributed by atoms with Crippen molar-refractivity contribution in [1.29, 1.82) is 0 Å². The van der Waals surface area contributed by atoms with Gasteiger partial charge in [-0.15, -0.1) is 0 Å². The molecule has 0 aliphatic carbocycles. The van der Waals surface area contributed by atoms with Gasteiger partial charge in [0.2, 0.25) is 0 Å². The van der Waals surface area contributed by atoms with Gasteiger partial charge in [0.25, 0.3) is 5.56 Å². The maximum Gasteiger partial charge on any atom is 0.278 e. The lowest BCUT2D eigenvalue weighted by atomic mass is 10.0. The van der Waals surface area contributed by atoms with Crippen LogP contribution in [0.5, 0.6) is 0 Å². The highest BCUT2D eigenvalue weighted by molar-refractivity contribution is 9.10. The van der Waals surface area contributed by atoms with Crippen molar-refractivity contribution in [3.63, 3.8) is 0 Å². The number of H-pyrrole nitrogens is 1. The number of allylic oxidation sites excluding steroid dienone is 1. The van der Waals surface area contributed by atoms with Gasteiger partial charge in [0.1, 0.15) is 0 Å². The van der Waals surface area contributed by atoms with Crippen LogP contribution in [-0.4, -0.2) is 16.0 Å². The van der Waals surface area contributed by atoms with Gasteiger partial charge in [-0.1, -0.05) is 33.6 Å². The number of nitrogens with zero attached hydrogens (tertiary/aromatic N) is 2. The first-order valence-electron chi connectivity index (χ1n) is 7.66. The molecule has 0 saturated heterocycles. The minimum absolute atomic E-state index is 0.121. The zero-order valence-electron chi connectivity index (χ0n) is 13.3. The predicted molar refractivity (Wildman–Crippen MR) is 106 cm³/mol. The number of hydrogen-bond donors (Lipinski definition) is 1. The van der Waals surface area contributed by atoms with Crippen LogP contribution in [0.3, 0.4) is 0 Å². The minimum Gasteiger partial charge on any atom is -0.295 e. The van der Waals surface area contributed by atoms with Gasteiger partial charge in [0.05, 0.1) is 16.9 Å². The molecule has 0 spiro atoms. The summed E-state index contributed by atoms with van der Waals surface area (Å²) in [6, 6.07) is 13.1. The van der Waals surface area contributed by atoms with Gasteiger partial charge in [-0.3, -0.25) is 14.9 Å². The second-order valence-corrected chi connectivity index (χ2v) is 7.14. The van der Waals surface area contributed by atoms with Gasteiger partial charge in [-0.05, 0) is 49.4 Å². The largest absolute Gasteiger partial charge is 0.295 e. The molecule has 4 rings (SSSR count). The van der Waals surface area contributed by atoms with Crippen molar-refractivity contribution < 1.29 is 0 Å². The number of aryl methyl sites for hydroxylation is 1. The van der Waals surface area contributed by atoms with E-state index in [0.29, 0.717) is 16.3 Å². The van der Waals surface area contributed by atoms with E-state index in [0.717, 1.165) is 27.0 Å². The van der Waals surface area contributed by atoms with Gasteiger partial charge in [0.15, 0.2) is 0 Å². The predicted octanol–water partition coefficient (Wildman–Crippen LogP) is 5.15. The van der Waals surface area contributed by atoms with Crippen LogP contribution in [0.4, 0.5) is 5.69 Å². The summed E-state index contributed by atoms with van der Waals surface area (Å²) in [5.74, 6) is 0. The molecule has 6 heteroatoms. The van der Waals surface area contributed by atoms with E-state index < -0.39 is 0 Å². The Balaban J connectivity index is 1.83. The SMILES string of the molecule is Cc1[nH]n(-c2cccc(Cl)c2)c(=O)c1/C=C1\C=Nc2ccc(Br)cc21. The van der Waals surface area contributed by atoms with E-state index in [4.69, 9.17) is 11.6 Å². The van der Waals surface area contributed by atoms with Gasteiger partial charge < -0.3 is 0 Å². The normalized spacial score (nSPS) is 14.3. The molecular formula is C19H13BrClN3O. The summed E-state index contributed by atoms with van der Waals surface area (Å²) in [5.41, 5.74) is 4.79. The summed E-state index contributed by atoms with van der Waals surface area (Å²) in [5, 5.41) is 3.69. The Bertz CT molecular complexity index is 1110. The molecule has 25 heavy (non-hydrogen) atoms. The molecule has 0 unspecified atom stereocenters. The summed E-state index contributed by atoms with van der Waals surface area (Å²) >= 11 is 9.52. The van der Waals surface area contributed by atoms with E-state index in [1.54, 1.807) is 18.3 Å². The number of benzene rings is 2. The summed E-state index contributed by atoms with van der Waals surface area (Å²) in [6.45, 7) is 1.88. The topological polar surface area (TPSA) is 50.1 Å². The quantitative estimate of drug-likeness (QED) is 0.620. The molecule has 1 aliphatic rings. The molecular weight excluding hydrogens is 402 g/mol. The maximum absolute atomic E-state index is 12.9. The lowest BCUT2D eigenvalue weighted by Gasteiger charge is -2.01. The highest BCUT2D eigenvalue weighted by Gasteiger charge is 2.16. The Labute approximate surface area is 157 Å². The van der Waals surface area contributed by atoms with E-state index in [2.05, 4.69) is 26.0 Å². The van der Waals surface area contributed by atoms with Crippen molar-refractivity contribution in [3.05, 3.63) is 79.1 Å². The average Bonchev–Trinajstić information content (AvgIpc) is 3.10. The Hall–Kier alpha value is -2.37. The number of fused-ring (bicyclic) bond motifs is 1. The van der Waals surface area contributed by atoms with E-state index >= 15 is 0 Å². The second kappa shape index (κ2) is 6.17. The molecule has 0 atom stereocenters. The summed E-state index contributed by atoms with van der Waals surface area (Å²) in [4.78, 5) is 17.3. The van der Waals surface area contributed by atoms with Gasteiger partial charge >= 0.3 is 0 Å². The lowest BCUT2D eigenvalue weighted by molar-refractivity contribution is 0.835. The molecule has 4 nitrogen and oxygen atoms in total. The fourth-order valence-corrected chi connectivity index (χ4v) is 3.40. The molecule has 2 aromatic carbocycles. The molecule has 0 fully saturated rings. The standard InChI is InChI=1S/C19H13BrClN3O/c1-11-16(7-12-10-22-18-6-5-13(20)8-17(12)18)19(25)24(23-11)15-4-2-3-14(21)9-15/h2-10,23H,1H3/b12-7+. The molecule has 0 radical (unpaired) electrons. The molecule has 1 aromatic heterocycles. The monoisotopic (exact) mass is 413 g/mol. The van der Waals surface area contributed by atoms with E-state index in [1.807, 2.05) is 43.3 Å². The first kappa shape index (κ1) is 16.1. The number of aliphatic imine (C=N–C) groups is 1. The van der Waals surface area contributed by atoms with Crippen molar-refractivity contribution in [2.45, 2.75) is 6.92 Å². The van der Waals surface area contributed by atoms with Gasteiger partial charge in [-0.2, -0.15) is 0 Å². The van der Waals surface area contributed by atoms with Crippen molar-refractivity contribution in [3.8, 4) is 5.69 Å². The molecule has 124 valence electrons.